The lowest BCUT2D eigenvalue weighted by atomic mass is 9.72. The third-order valence-corrected chi connectivity index (χ3v) is 5.31. The highest BCUT2D eigenvalue weighted by Gasteiger charge is 2.36. The normalized spacial score (nSPS) is 26.8. The van der Waals surface area contributed by atoms with Crippen molar-refractivity contribution in [3.63, 3.8) is 0 Å². The summed E-state index contributed by atoms with van der Waals surface area (Å²) >= 11 is 6.18. The molecule has 2 rings (SSSR count). The van der Waals surface area contributed by atoms with Gasteiger partial charge in [-0.25, -0.2) is 0 Å². The highest BCUT2D eigenvalue weighted by Crippen LogP contribution is 2.38. The first-order chi connectivity index (χ1) is 11.4. The van der Waals surface area contributed by atoms with Crippen LogP contribution < -0.4 is 5.32 Å². The van der Waals surface area contributed by atoms with Crippen LogP contribution in [0.2, 0.25) is 5.02 Å². The lowest BCUT2D eigenvalue weighted by Gasteiger charge is -2.41. The fraction of sp³-hybridized carbons (Fsp3) is 0.632. The number of benzene rings is 1. The van der Waals surface area contributed by atoms with E-state index in [0.717, 1.165) is 24.8 Å². The molecular weight excluding hydrogens is 326 g/mol. The Morgan fingerprint density at radius 3 is 2.79 bits per heavy atom. The Morgan fingerprint density at radius 2 is 2.21 bits per heavy atom. The molecule has 0 aliphatic carbocycles. The molecule has 0 saturated carbocycles. The number of aliphatic carboxylic acids is 1. The van der Waals surface area contributed by atoms with E-state index in [-0.39, 0.29) is 30.4 Å². The van der Waals surface area contributed by atoms with Crippen molar-refractivity contribution in [1.82, 2.24) is 5.32 Å². The number of carboxylic acids is 1. The zero-order chi connectivity index (χ0) is 17.7. The number of halogens is 1. The van der Waals surface area contributed by atoms with Crippen LogP contribution in [0.4, 0.5) is 0 Å². The molecule has 2 unspecified atom stereocenters. The molecule has 1 heterocycles. The van der Waals surface area contributed by atoms with Crippen LogP contribution in [0.15, 0.2) is 24.3 Å². The predicted octanol–water partition coefficient (Wildman–Crippen LogP) is 3.67. The molecule has 0 amide bonds. The zero-order valence-electron chi connectivity index (χ0n) is 14.4. The van der Waals surface area contributed by atoms with Crippen molar-refractivity contribution in [2.45, 2.75) is 57.6 Å². The second kappa shape index (κ2) is 8.84. The number of hydrogen-bond donors (Lipinski definition) is 3. The molecule has 1 aliphatic heterocycles. The van der Waals surface area contributed by atoms with Gasteiger partial charge in [-0.1, -0.05) is 37.1 Å². The van der Waals surface area contributed by atoms with Crippen molar-refractivity contribution in [3.8, 4) is 0 Å². The minimum Gasteiger partial charge on any atom is -0.481 e. The molecule has 4 nitrogen and oxygen atoms in total. The number of aliphatic hydroxyl groups excluding tert-OH is 1. The van der Waals surface area contributed by atoms with Crippen LogP contribution in [0.5, 0.6) is 0 Å². The quantitative estimate of drug-likeness (QED) is 0.699. The zero-order valence-corrected chi connectivity index (χ0v) is 15.2. The fourth-order valence-electron chi connectivity index (χ4n) is 4.02. The first-order valence-corrected chi connectivity index (χ1v) is 9.17. The molecule has 5 heteroatoms. The van der Waals surface area contributed by atoms with Crippen molar-refractivity contribution in [2.24, 2.45) is 11.8 Å². The fourth-order valence-corrected chi connectivity index (χ4v) is 4.22. The van der Waals surface area contributed by atoms with Crippen LogP contribution in [-0.2, 0) is 4.79 Å². The van der Waals surface area contributed by atoms with E-state index < -0.39 is 5.97 Å². The van der Waals surface area contributed by atoms with Gasteiger partial charge in [-0.2, -0.15) is 0 Å². The molecule has 0 aromatic heterocycles. The Kier molecular flexibility index (Phi) is 7.08. The highest BCUT2D eigenvalue weighted by atomic mass is 35.5. The number of carboxylic acid groups (broad SMARTS) is 1. The molecule has 1 saturated heterocycles. The number of carbonyl (C=O) groups is 1. The number of hydrogen-bond acceptors (Lipinski definition) is 3. The molecule has 0 radical (unpaired) electrons. The van der Waals surface area contributed by atoms with Gasteiger partial charge < -0.3 is 15.5 Å². The van der Waals surface area contributed by atoms with Gasteiger partial charge in [0.2, 0.25) is 0 Å². The third-order valence-electron chi connectivity index (χ3n) is 5.08. The van der Waals surface area contributed by atoms with Gasteiger partial charge in [-0.3, -0.25) is 4.79 Å². The van der Waals surface area contributed by atoms with Gasteiger partial charge in [0.25, 0.3) is 0 Å². The summed E-state index contributed by atoms with van der Waals surface area (Å²) in [6, 6.07) is 8.10. The topological polar surface area (TPSA) is 69.6 Å². The van der Waals surface area contributed by atoms with Crippen LogP contribution in [0.1, 0.15) is 51.0 Å². The summed E-state index contributed by atoms with van der Waals surface area (Å²) < 4.78 is 0. The second-order valence-corrected chi connectivity index (χ2v) is 7.48. The summed E-state index contributed by atoms with van der Waals surface area (Å²) in [6.45, 7) is 4.69. The van der Waals surface area contributed by atoms with E-state index >= 15 is 0 Å². The largest absolute Gasteiger partial charge is 0.481 e. The van der Waals surface area contributed by atoms with Crippen LogP contribution in [0, 0.1) is 11.8 Å². The molecule has 24 heavy (non-hydrogen) atoms. The van der Waals surface area contributed by atoms with Gasteiger partial charge in [-0.15, -0.1) is 0 Å². The molecule has 1 aromatic carbocycles. The lowest BCUT2D eigenvalue weighted by Crippen LogP contribution is -2.49. The first kappa shape index (κ1) is 19.2. The van der Waals surface area contributed by atoms with Crippen LogP contribution in [0.3, 0.4) is 0 Å². The molecule has 0 spiro atoms. The Hall–Kier alpha value is -1.10. The molecule has 134 valence electrons. The highest BCUT2D eigenvalue weighted by molar-refractivity contribution is 6.30. The predicted molar refractivity (Wildman–Crippen MR) is 96.4 cm³/mol. The summed E-state index contributed by atoms with van der Waals surface area (Å²) in [5.74, 6) is -0.0711. The van der Waals surface area contributed by atoms with Gasteiger partial charge in [-0.05, 0) is 61.8 Å². The Labute approximate surface area is 149 Å². The van der Waals surface area contributed by atoms with E-state index in [2.05, 4.69) is 18.3 Å². The Morgan fingerprint density at radius 1 is 1.46 bits per heavy atom. The SMILES string of the molecule is CCC(CC(C)O)[C@@H]1NC[C@@H](CC(=O)O)C[C@@H]1c1cccc(Cl)c1. The van der Waals surface area contributed by atoms with Crippen LogP contribution >= 0.6 is 11.6 Å². The Bertz CT molecular complexity index is 549. The van der Waals surface area contributed by atoms with Gasteiger partial charge in [0.05, 0.1) is 6.10 Å². The van der Waals surface area contributed by atoms with Gasteiger partial charge in [0.1, 0.15) is 0 Å². The van der Waals surface area contributed by atoms with Crippen molar-refractivity contribution < 1.29 is 15.0 Å². The standard InChI is InChI=1S/C19H28ClNO3/c1-3-14(7-12(2)22)19-17(15-5-4-6-16(20)10-15)8-13(11-21-19)9-18(23)24/h4-6,10,12-14,17,19,21-22H,3,7-9,11H2,1-2H3,(H,23,24)/t12?,13-,14?,17-,19+/m1/s1. The maximum absolute atomic E-state index is 11.1. The van der Waals surface area contributed by atoms with E-state index in [9.17, 15) is 9.90 Å². The monoisotopic (exact) mass is 353 g/mol. The molecule has 1 fully saturated rings. The van der Waals surface area contributed by atoms with E-state index in [1.165, 1.54) is 0 Å². The van der Waals surface area contributed by atoms with Gasteiger partial charge >= 0.3 is 5.97 Å². The summed E-state index contributed by atoms with van der Waals surface area (Å²) in [4.78, 5) is 11.1. The van der Waals surface area contributed by atoms with Crippen LogP contribution in [-0.4, -0.2) is 34.9 Å². The minimum absolute atomic E-state index is 0.117. The third kappa shape index (κ3) is 5.20. The molecule has 0 bridgehead atoms. The van der Waals surface area contributed by atoms with E-state index in [4.69, 9.17) is 16.7 Å². The van der Waals surface area contributed by atoms with Crippen LogP contribution in [0.25, 0.3) is 0 Å². The Balaban J connectivity index is 2.25. The summed E-state index contributed by atoms with van der Waals surface area (Å²) in [5, 5.41) is 23.2. The van der Waals surface area contributed by atoms with Gasteiger partial charge in [0, 0.05) is 17.5 Å². The number of aliphatic hydroxyl groups is 1. The number of rotatable bonds is 7. The summed E-state index contributed by atoms with van der Waals surface area (Å²) in [5.41, 5.74) is 1.15. The summed E-state index contributed by atoms with van der Waals surface area (Å²) in [7, 11) is 0. The van der Waals surface area contributed by atoms with Crippen molar-refractivity contribution in [1.29, 1.82) is 0 Å². The first-order valence-electron chi connectivity index (χ1n) is 8.79. The molecule has 3 N–H and O–H groups in total. The number of piperidine rings is 1. The van der Waals surface area contributed by atoms with Crippen molar-refractivity contribution >= 4 is 17.6 Å². The molecule has 1 aliphatic rings. The van der Waals surface area contributed by atoms with Gasteiger partial charge in [0.15, 0.2) is 0 Å². The number of nitrogens with one attached hydrogen (secondary N) is 1. The molecule has 1 aromatic rings. The summed E-state index contributed by atoms with van der Waals surface area (Å²) in [6.07, 6.45) is 2.40. The van der Waals surface area contributed by atoms with E-state index in [0.29, 0.717) is 17.5 Å². The smallest absolute Gasteiger partial charge is 0.303 e. The average molecular weight is 354 g/mol. The lowest BCUT2D eigenvalue weighted by molar-refractivity contribution is -0.138. The maximum Gasteiger partial charge on any atom is 0.303 e. The van der Waals surface area contributed by atoms with E-state index in [1.54, 1.807) is 0 Å². The van der Waals surface area contributed by atoms with Crippen molar-refractivity contribution in [2.75, 3.05) is 6.54 Å². The van der Waals surface area contributed by atoms with E-state index in [1.807, 2.05) is 25.1 Å². The average Bonchev–Trinajstić information content (AvgIpc) is 2.52. The molecule has 5 atom stereocenters. The minimum atomic E-state index is -0.749. The second-order valence-electron chi connectivity index (χ2n) is 7.05. The molecular formula is C19H28ClNO3. The maximum atomic E-state index is 11.1. The van der Waals surface area contributed by atoms with Crippen molar-refractivity contribution in [3.05, 3.63) is 34.9 Å².